The number of fused-ring (bicyclic) bond motifs is 4. The van der Waals surface area contributed by atoms with Gasteiger partial charge in [-0.25, -0.2) is 0 Å². The lowest BCUT2D eigenvalue weighted by molar-refractivity contribution is 0.0543. The van der Waals surface area contributed by atoms with Crippen molar-refractivity contribution >= 4 is 17.2 Å². The molecule has 0 unspecified atom stereocenters. The molecule has 3 atom stereocenters. The third kappa shape index (κ3) is 3.65. The van der Waals surface area contributed by atoms with Crippen molar-refractivity contribution in [3.63, 3.8) is 0 Å². The minimum atomic E-state index is -0.127. The van der Waals surface area contributed by atoms with Gasteiger partial charge in [0.15, 0.2) is 0 Å². The highest BCUT2D eigenvalue weighted by Crippen LogP contribution is 2.70. The van der Waals surface area contributed by atoms with Crippen LogP contribution in [0.15, 0.2) is 83.5 Å². The molecule has 4 aliphatic carbocycles. The van der Waals surface area contributed by atoms with Crippen molar-refractivity contribution in [2.24, 2.45) is 16.2 Å². The third-order valence-electron chi connectivity index (χ3n) is 11.8. The van der Waals surface area contributed by atoms with E-state index in [1.807, 2.05) is 0 Å². The third-order valence-corrected chi connectivity index (χ3v) is 11.8. The van der Waals surface area contributed by atoms with Crippen LogP contribution in [0.2, 0.25) is 0 Å². The van der Waals surface area contributed by atoms with Gasteiger partial charge in [-0.3, -0.25) is 0 Å². The Morgan fingerprint density at radius 2 is 1.66 bits per heavy atom. The molecule has 0 aliphatic heterocycles. The maximum Gasteiger partial charge on any atom is 0.0194 e. The van der Waals surface area contributed by atoms with Crippen LogP contribution < -0.4 is 0 Å². The van der Waals surface area contributed by atoms with Gasteiger partial charge in [0.2, 0.25) is 0 Å². The molecule has 4 aliphatic rings. The molecule has 0 N–H and O–H groups in total. The van der Waals surface area contributed by atoms with Crippen LogP contribution in [0, 0.1) is 23.2 Å². The van der Waals surface area contributed by atoms with Crippen LogP contribution in [0.3, 0.4) is 0 Å². The molecule has 6 rings (SSSR count). The Morgan fingerprint density at radius 3 is 2.29 bits per heavy atom. The Kier molecular flexibility index (Phi) is 6.11. The van der Waals surface area contributed by atoms with Crippen LogP contribution >= 0.6 is 0 Å². The number of hydrogen-bond donors (Lipinski definition) is 0. The van der Waals surface area contributed by atoms with E-state index >= 15 is 0 Å². The van der Waals surface area contributed by atoms with Crippen molar-refractivity contribution in [1.29, 1.82) is 0 Å². The molecular formula is C41H48. The summed E-state index contributed by atoms with van der Waals surface area (Å²) < 4.78 is 0. The average Bonchev–Trinajstić information content (AvgIpc) is 3.29. The van der Waals surface area contributed by atoms with Crippen molar-refractivity contribution in [3.05, 3.63) is 122 Å². The van der Waals surface area contributed by atoms with Gasteiger partial charge in [0.1, 0.15) is 0 Å². The maximum absolute atomic E-state index is 4.95. The van der Waals surface area contributed by atoms with Gasteiger partial charge in [0.25, 0.3) is 0 Å². The summed E-state index contributed by atoms with van der Waals surface area (Å²) in [4.78, 5) is 0. The van der Waals surface area contributed by atoms with Crippen molar-refractivity contribution < 1.29 is 0 Å². The van der Waals surface area contributed by atoms with E-state index in [0.29, 0.717) is 5.92 Å². The average molecular weight is 541 g/mol. The van der Waals surface area contributed by atoms with E-state index in [9.17, 15) is 0 Å². The fourth-order valence-corrected chi connectivity index (χ4v) is 9.93. The van der Waals surface area contributed by atoms with E-state index in [1.54, 1.807) is 0 Å². The van der Waals surface area contributed by atoms with Crippen molar-refractivity contribution in [1.82, 2.24) is 0 Å². The lowest BCUT2D eigenvalue weighted by Crippen LogP contribution is -2.52. The number of hydrogen-bond acceptors (Lipinski definition) is 0. The predicted molar refractivity (Wildman–Crippen MR) is 179 cm³/mol. The molecule has 41 heavy (non-hydrogen) atoms. The normalized spacial score (nSPS) is 28.9. The molecule has 0 amide bonds. The molecule has 0 nitrogen and oxygen atoms in total. The summed E-state index contributed by atoms with van der Waals surface area (Å²) in [5, 5.41) is 0. The number of rotatable bonds is 3. The number of allylic oxidation sites excluding steroid dienone is 8. The summed E-state index contributed by atoms with van der Waals surface area (Å²) in [7, 11) is 0. The van der Waals surface area contributed by atoms with Gasteiger partial charge in [-0.1, -0.05) is 107 Å². The number of benzene rings is 2. The van der Waals surface area contributed by atoms with Gasteiger partial charge in [0, 0.05) is 5.41 Å². The smallest absolute Gasteiger partial charge is 0.0194 e. The van der Waals surface area contributed by atoms with Crippen LogP contribution in [0.25, 0.3) is 17.2 Å². The summed E-state index contributed by atoms with van der Waals surface area (Å²) in [6, 6.07) is 11.4. The lowest BCUT2D eigenvalue weighted by Gasteiger charge is -2.62. The summed E-state index contributed by atoms with van der Waals surface area (Å²) in [5.74, 6) is 0.456. The van der Waals surface area contributed by atoms with Gasteiger partial charge < -0.3 is 0 Å². The zero-order valence-electron chi connectivity index (χ0n) is 27.0. The largest absolute Gasteiger partial charge is 0.0955 e. The molecule has 0 heterocycles. The van der Waals surface area contributed by atoms with Crippen LogP contribution in [0.1, 0.15) is 113 Å². The van der Waals surface area contributed by atoms with E-state index in [4.69, 9.17) is 13.2 Å². The van der Waals surface area contributed by atoms with Crippen LogP contribution in [0.4, 0.5) is 0 Å². The fourth-order valence-electron chi connectivity index (χ4n) is 9.93. The zero-order valence-corrected chi connectivity index (χ0v) is 27.0. The van der Waals surface area contributed by atoms with E-state index in [-0.39, 0.29) is 16.2 Å². The highest BCUT2D eigenvalue weighted by Gasteiger charge is 2.59. The molecule has 212 valence electrons. The van der Waals surface area contributed by atoms with Crippen LogP contribution in [-0.4, -0.2) is 0 Å². The molecule has 0 spiro atoms. The first-order valence-corrected chi connectivity index (χ1v) is 15.6. The van der Waals surface area contributed by atoms with Crippen molar-refractivity contribution in [2.75, 3.05) is 0 Å². The second-order valence-electron chi connectivity index (χ2n) is 14.9. The standard InChI is InChI=1S/C41H48/c1-23(2)33-19-34(32-17-30-15-13-14-16-31(30)18-32)26(6)37-27(7)38-29(9)41(12)28(8)36(24(3)4)25(5)20-40(41,11)22-39(38,10)21-35(33)37/h13-17,19,23H,3,7-8,18,20-22H2,1-2,4-6,9-12H3/t39-,40+,41-/m1/s1. The Labute approximate surface area is 249 Å². The highest BCUT2D eigenvalue weighted by molar-refractivity contribution is 5.94. The minimum Gasteiger partial charge on any atom is -0.0955 e. The molecule has 0 saturated heterocycles. The van der Waals surface area contributed by atoms with Gasteiger partial charge in [-0.05, 0) is 137 Å². The summed E-state index contributed by atoms with van der Waals surface area (Å²) >= 11 is 0. The van der Waals surface area contributed by atoms with E-state index in [2.05, 4.69) is 105 Å². The Hall–Kier alpha value is -3.12. The molecule has 0 fully saturated rings. The molecule has 0 aromatic heterocycles. The van der Waals surface area contributed by atoms with E-state index < -0.39 is 0 Å². The van der Waals surface area contributed by atoms with Crippen LogP contribution in [-0.2, 0) is 12.8 Å². The quantitative estimate of drug-likeness (QED) is 0.363. The molecule has 0 bridgehead atoms. The second kappa shape index (κ2) is 8.94. The molecule has 2 aromatic carbocycles. The molecular weight excluding hydrogens is 492 g/mol. The monoisotopic (exact) mass is 540 g/mol. The first-order valence-electron chi connectivity index (χ1n) is 15.6. The summed E-state index contributed by atoms with van der Waals surface area (Å²) in [6.45, 7) is 35.6. The van der Waals surface area contributed by atoms with E-state index in [0.717, 1.165) is 31.3 Å². The summed E-state index contributed by atoms with van der Waals surface area (Å²) in [6.07, 6.45) is 6.73. The zero-order chi connectivity index (χ0) is 29.8. The van der Waals surface area contributed by atoms with Gasteiger partial charge in [-0.15, -0.1) is 0 Å². The SMILES string of the molecule is C=C(C)C1=C(C)C[C@@]2(C)C[C@@]3(C)Cc4c(C(C)C)cc(C5=Cc6ccccc6C5)c(C)c4C(=C)C3=C(C)[C@@]2(C)C1=C. The Balaban J connectivity index is 1.58. The first-order chi connectivity index (χ1) is 19.1. The molecule has 0 heteroatoms. The Bertz CT molecular complexity index is 1680. The van der Waals surface area contributed by atoms with Crippen molar-refractivity contribution in [2.45, 2.75) is 93.9 Å². The van der Waals surface area contributed by atoms with Gasteiger partial charge >= 0.3 is 0 Å². The van der Waals surface area contributed by atoms with E-state index in [1.165, 1.54) is 78.0 Å². The topological polar surface area (TPSA) is 0 Å². The Morgan fingerprint density at radius 1 is 0.976 bits per heavy atom. The van der Waals surface area contributed by atoms with Crippen LogP contribution in [0.5, 0.6) is 0 Å². The molecule has 0 saturated carbocycles. The minimum absolute atomic E-state index is 0.0458. The maximum atomic E-state index is 4.95. The summed E-state index contributed by atoms with van der Waals surface area (Å²) in [5.41, 5.74) is 20.9. The lowest BCUT2D eigenvalue weighted by atomic mass is 9.41. The van der Waals surface area contributed by atoms with Gasteiger partial charge in [0.05, 0.1) is 0 Å². The fraction of sp³-hybridized carbons (Fsp3) is 0.415. The second-order valence-corrected chi connectivity index (χ2v) is 14.9. The predicted octanol–water partition coefficient (Wildman–Crippen LogP) is 11.4. The molecule has 2 aromatic rings. The highest BCUT2D eigenvalue weighted by atomic mass is 14.6. The van der Waals surface area contributed by atoms with Gasteiger partial charge in [-0.2, -0.15) is 0 Å². The molecule has 0 radical (unpaired) electrons. The first kappa shape index (κ1) is 28.0. The van der Waals surface area contributed by atoms with Crippen molar-refractivity contribution in [3.8, 4) is 0 Å².